The molecule has 0 aliphatic rings. The van der Waals surface area contributed by atoms with Crippen molar-refractivity contribution in [1.29, 1.82) is 0 Å². The van der Waals surface area contributed by atoms with E-state index in [1.165, 1.54) is 0 Å². The second kappa shape index (κ2) is 3.62. The summed E-state index contributed by atoms with van der Waals surface area (Å²) in [5.74, 6) is -1.00. The average Bonchev–Trinajstić information content (AvgIpc) is 2.48. The molecule has 1 atom stereocenters. The summed E-state index contributed by atoms with van der Waals surface area (Å²) < 4.78 is 4.38. The van der Waals surface area contributed by atoms with E-state index in [0.717, 1.165) is 6.39 Å². The molecule has 1 aromatic heterocycles. The highest BCUT2D eigenvalue weighted by Crippen LogP contribution is 2.30. The van der Waals surface area contributed by atoms with Crippen LogP contribution < -0.4 is 5.73 Å². The van der Waals surface area contributed by atoms with E-state index >= 15 is 0 Å². The number of carbonyl (C=O) groups is 1. The molecule has 1 rings (SSSR count). The number of aromatic carboxylic acids is 1. The largest absolute Gasteiger partial charge is 0.476 e. The zero-order valence-corrected chi connectivity index (χ0v) is 8.78. The van der Waals surface area contributed by atoms with Crippen molar-refractivity contribution in [1.82, 2.24) is 4.98 Å². The minimum Gasteiger partial charge on any atom is -0.476 e. The van der Waals surface area contributed by atoms with Gasteiger partial charge in [-0.05, 0) is 13.8 Å². The molecule has 0 fully saturated rings. The van der Waals surface area contributed by atoms with Gasteiger partial charge in [0.05, 0.1) is 6.04 Å². The fraction of sp³-hybridized carbons (Fsp3) is 0.500. The van der Waals surface area contributed by atoms with Crippen molar-refractivity contribution in [2.75, 3.05) is 0 Å². The first-order valence-electron chi connectivity index (χ1n) is 3.98. The maximum atomic E-state index is 10.7. The number of carboxylic acids is 1. The standard InChI is InChI=1S/C8H12N2O3S/c1-8(2,14)6(9)5-4(7(11)12)10-3-13-5/h3,6,14H,9H2,1-2H3,(H,11,12)/t6-/m1/s1. The third-order valence-electron chi connectivity index (χ3n) is 1.84. The lowest BCUT2D eigenvalue weighted by molar-refractivity contribution is 0.0687. The molecule has 78 valence electrons. The van der Waals surface area contributed by atoms with E-state index < -0.39 is 16.8 Å². The molecule has 0 unspecified atom stereocenters. The molecule has 0 saturated carbocycles. The second-order valence-corrected chi connectivity index (χ2v) is 4.65. The molecule has 0 amide bonds. The van der Waals surface area contributed by atoms with E-state index in [4.69, 9.17) is 15.3 Å². The summed E-state index contributed by atoms with van der Waals surface area (Å²) in [5.41, 5.74) is 5.63. The Labute approximate surface area is 86.7 Å². The zero-order chi connectivity index (χ0) is 10.9. The highest BCUT2D eigenvalue weighted by atomic mass is 32.1. The van der Waals surface area contributed by atoms with Crippen molar-refractivity contribution in [2.24, 2.45) is 5.73 Å². The minimum atomic E-state index is -1.15. The van der Waals surface area contributed by atoms with E-state index in [9.17, 15) is 4.79 Å². The first kappa shape index (κ1) is 11.1. The smallest absolute Gasteiger partial charge is 0.358 e. The Balaban J connectivity index is 3.07. The number of nitrogens with two attached hydrogens (primary N) is 1. The quantitative estimate of drug-likeness (QED) is 0.658. The van der Waals surface area contributed by atoms with Crippen LogP contribution in [-0.2, 0) is 0 Å². The molecular formula is C8H12N2O3S. The first-order valence-corrected chi connectivity index (χ1v) is 4.43. The lowest BCUT2D eigenvalue weighted by Crippen LogP contribution is -2.31. The summed E-state index contributed by atoms with van der Waals surface area (Å²) in [7, 11) is 0. The Kier molecular flexibility index (Phi) is 2.86. The predicted molar refractivity (Wildman–Crippen MR) is 53.5 cm³/mol. The van der Waals surface area contributed by atoms with Gasteiger partial charge in [0.1, 0.15) is 0 Å². The summed E-state index contributed by atoms with van der Waals surface area (Å²) in [5, 5.41) is 8.77. The summed E-state index contributed by atoms with van der Waals surface area (Å²) >= 11 is 4.25. The summed E-state index contributed by atoms with van der Waals surface area (Å²) in [6.45, 7) is 3.55. The molecule has 0 aliphatic heterocycles. The van der Waals surface area contributed by atoms with Crippen molar-refractivity contribution < 1.29 is 14.3 Å². The summed E-state index contributed by atoms with van der Waals surface area (Å²) in [4.78, 5) is 14.3. The van der Waals surface area contributed by atoms with E-state index in [1.807, 2.05) is 0 Å². The number of hydrogen-bond donors (Lipinski definition) is 3. The molecule has 14 heavy (non-hydrogen) atoms. The lowest BCUT2D eigenvalue weighted by Gasteiger charge is -2.23. The maximum Gasteiger partial charge on any atom is 0.358 e. The van der Waals surface area contributed by atoms with Crippen molar-refractivity contribution in [3.8, 4) is 0 Å². The van der Waals surface area contributed by atoms with Crippen LogP contribution in [0.1, 0.15) is 36.1 Å². The zero-order valence-electron chi connectivity index (χ0n) is 7.89. The fourth-order valence-corrected chi connectivity index (χ4v) is 1.07. The van der Waals surface area contributed by atoms with Crippen molar-refractivity contribution in [2.45, 2.75) is 24.6 Å². The van der Waals surface area contributed by atoms with Crippen LogP contribution in [0.5, 0.6) is 0 Å². The van der Waals surface area contributed by atoms with Crippen LogP contribution in [0.15, 0.2) is 10.8 Å². The lowest BCUT2D eigenvalue weighted by atomic mass is 10.0. The highest BCUT2D eigenvalue weighted by molar-refractivity contribution is 7.81. The van der Waals surface area contributed by atoms with Crippen LogP contribution in [0, 0.1) is 0 Å². The molecule has 0 aliphatic carbocycles. The van der Waals surface area contributed by atoms with E-state index in [2.05, 4.69) is 17.6 Å². The Morgan fingerprint density at radius 3 is 2.79 bits per heavy atom. The number of oxazole rings is 1. The van der Waals surface area contributed by atoms with Crippen molar-refractivity contribution >= 4 is 18.6 Å². The van der Waals surface area contributed by atoms with Crippen LogP contribution in [0.4, 0.5) is 0 Å². The van der Waals surface area contributed by atoms with Crippen LogP contribution in [0.25, 0.3) is 0 Å². The Morgan fingerprint density at radius 1 is 1.79 bits per heavy atom. The van der Waals surface area contributed by atoms with E-state index in [0.29, 0.717) is 0 Å². The molecule has 0 bridgehead atoms. The van der Waals surface area contributed by atoms with Gasteiger partial charge in [0, 0.05) is 4.75 Å². The van der Waals surface area contributed by atoms with Crippen LogP contribution in [-0.4, -0.2) is 20.8 Å². The van der Waals surface area contributed by atoms with Gasteiger partial charge in [-0.15, -0.1) is 0 Å². The van der Waals surface area contributed by atoms with Gasteiger partial charge in [0.25, 0.3) is 0 Å². The molecule has 6 heteroatoms. The maximum absolute atomic E-state index is 10.7. The van der Waals surface area contributed by atoms with Gasteiger partial charge < -0.3 is 15.3 Å². The van der Waals surface area contributed by atoms with Crippen LogP contribution in [0.2, 0.25) is 0 Å². The fourth-order valence-electron chi connectivity index (χ4n) is 0.957. The molecule has 3 N–H and O–H groups in total. The highest BCUT2D eigenvalue weighted by Gasteiger charge is 2.31. The van der Waals surface area contributed by atoms with Gasteiger partial charge in [-0.3, -0.25) is 0 Å². The predicted octanol–water partition coefficient (Wildman–Crippen LogP) is 1.08. The van der Waals surface area contributed by atoms with Gasteiger partial charge in [-0.2, -0.15) is 12.6 Å². The van der Waals surface area contributed by atoms with Crippen LogP contribution >= 0.6 is 12.6 Å². The first-order chi connectivity index (χ1) is 6.34. The molecule has 1 aromatic rings. The molecule has 0 spiro atoms. The number of carboxylic acid groups (broad SMARTS) is 1. The molecule has 0 aromatic carbocycles. The Morgan fingerprint density at radius 2 is 2.36 bits per heavy atom. The van der Waals surface area contributed by atoms with Gasteiger partial charge in [-0.1, -0.05) is 0 Å². The number of nitrogens with zero attached hydrogens (tertiary/aromatic N) is 1. The molecular weight excluding hydrogens is 204 g/mol. The Bertz CT molecular complexity index is 343. The van der Waals surface area contributed by atoms with Gasteiger partial charge in [0.15, 0.2) is 17.8 Å². The average molecular weight is 216 g/mol. The summed E-state index contributed by atoms with van der Waals surface area (Å²) in [6.07, 6.45) is 1.07. The Hall–Kier alpha value is -1.01. The molecule has 0 saturated heterocycles. The van der Waals surface area contributed by atoms with Crippen molar-refractivity contribution in [3.05, 3.63) is 17.8 Å². The number of hydrogen-bond acceptors (Lipinski definition) is 5. The van der Waals surface area contributed by atoms with Gasteiger partial charge >= 0.3 is 5.97 Å². The van der Waals surface area contributed by atoms with E-state index in [1.54, 1.807) is 13.8 Å². The monoisotopic (exact) mass is 216 g/mol. The topological polar surface area (TPSA) is 89.4 Å². The molecule has 5 nitrogen and oxygen atoms in total. The molecule has 1 heterocycles. The number of thiol groups is 1. The van der Waals surface area contributed by atoms with Crippen LogP contribution in [0.3, 0.4) is 0 Å². The second-order valence-electron chi connectivity index (χ2n) is 3.50. The van der Waals surface area contributed by atoms with Gasteiger partial charge in [0.2, 0.25) is 0 Å². The van der Waals surface area contributed by atoms with E-state index in [-0.39, 0.29) is 11.5 Å². The van der Waals surface area contributed by atoms with Gasteiger partial charge in [-0.25, -0.2) is 9.78 Å². The molecule has 0 radical (unpaired) electrons. The van der Waals surface area contributed by atoms with Crippen molar-refractivity contribution in [3.63, 3.8) is 0 Å². The third-order valence-corrected chi connectivity index (χ3v) is 2.12. The SMILES string of the molecule is CC(C)(S)[C@H](N)c1ocnc1C(=O)O. The minimum absolute atomic E-state index is 0.150. The normalized spacial score (nSPS) is 14.0. The number of aromatic nitrogens is 1. The number of rotatable bonds is 3. The third kappa shape index (κ3) is 2.08. The summed E-state index contributed by atoms with van der Waals surface area (Å²) in [6, 6.07) is -0.612.